The van der Waals surface area contributed by atoms with Crippen LogP contribution in [0.3, 0.4) is 0 Å². The minimum atomic E-state index is 0.153. The summed E-state index contributed by atoms with van der Waals surface area (Å²) in [6.45, 7) is 7.10. The van der Waals surface area contributed by atoms with Crippen LogP contribution in [0, 0.1) is 13.8 Å². The first-order valence-electron chi connectivity index (χ1n) is 6.28. The number of hydrogen-bond donors (Lipinski definition) is 1. The fraction of sp³-hybridized carbons (Fsp3) is 0.333. The second-order valence-corrected chi connectivity index (χ2v) is 6.64. The number of halogens is 2. The van der Waals surface area contributed by atoms with E-state index in [1.807, 2.05) is 19.1 Å². The summed E-state index contributed by atoms with van der Waals surface area (Å²) in [5.74, 6) is 0. The molecular weight excluding hydrogens is 297 g/mol. The molecule has 2 aromatic rings. The van der Waals surface area contributed by atoms with E-state index in [4.69, 9.17) is 23.2 Å². The highest BCUT2D eigenvalue weighted by Gasteiger charge is 2.19. The lowest BCUT2D eigenvalue weighted by atomic mass is 9.99. The van der Waals surface area contributed by atoms with E-state index in [-0.39, 0.29) is 6.04 Å². The van der Waals surface area contributed by atoms with Gasteiger partial charge in [-0.2, -0.15) is 0 Å². The van der Waals surface area contributed by atoms with Gasteiger partial charge in [0.15, 0.2) is 0 Å². The average molecular weight is 314 g/mol. The van der Waals surface area contributed by atoms with Gasteiger partial charge in [0.25, 0.3) is 0 Å². The standard InChI is InChI=1S/C15H17Cl2NS/c1-4-18-14(13-8-9(2)15(17)19-13)11-6-5-7-12(16)10(11)3/h5-8,14,18H,4H2,1-3H3. The van der Waals surface area contributed by atoms with E-state index in [1.54, 1.807) is 11.3 Å². The van der Waals surface area contributed by atoms with Gasteiger partial charge >= 0.3 is 0 Å². The first-order chi connectivity index (χ1) is 9.04. The molecule has 1 nitrogen and oxygen atoms in total. The topological polar surface area (TPSA) is 12.0 Å². The molecule has 0 spiro atoms. The fourth-order valence-corrected chi connectivity index (χ4v) is 3.62. The van der Waals surface area contributed by atoms with Gasteiger partial charge in [0, 0.05) is 9.90 Å². The van der Waals surface area contributed by atoms with E-state index in [0.29, 0.717) is 0 Å². The van der Waals surface area contributed by atoms with Crippen LogP contribution in [-0.2, 0) is 0 Å². The van der Waals surface area contributed by atoms with E-state index in [2.05, 4.69) is 31.3 Å². The molecule has 0 fully saturated rings. The number of benzene rings is 1. The smallest absolute Gasteiger partial charge is 0.0961 e. The van der Waals surface area contributed by atoms with Gasteiger partial charge in [0.2, 0.25) is 0 Å². The van der Waals surface area contributed by atoms with Crippen LogP contribution in [0.2, 0.25) is 9.36 Å². The van der Waals surface area contributed by atoms with Gasteiger partial charge in [-0.15, -0.1) is 11.3 Å². The molecule has 0 aliphatic rings. The molecular formula is C15H17Cl2NS. The number of thiophene rings is 1. The molecule has 102 valence electrons. The minimum Gasteiger partial charge on any atom is -0.306 e. The molecule has 0 amide bonds. The minimum absolute atomic E-state index is 0.153. The predicted octanol–water partition coefficient (Wildman–Crippen LogP) is 5.37. The highest BCUT2D eigenvalue weighted by Crippen LogP contribution is 2.36. The molecule has 0 bridgehead atoms. The van der Waals surface area contributed by atoms with Crippen molar-refractivity contribution in [2.24, 2.45) is 0 Å². The molecule has 2 rings (SSSR count). The maximum Gasteiger partial charge on any atom is 0.0961 e. The Labute approximate surface area is 128 Å². The fourth-order valence-electron chi connectivity index (χ4n) is 2.13. The second-order valence-electron chi connectivity index (χ2n) is 4.55. The summed E-state index contributed by atoms with van der Waals surface area (Å²) in [7, 11) is 0. The second kappa shape index (κ2) is 6.27. The molecule has 1 atom stereocenters. The molecule has 4 heteroatoms. The third-order valence-corrected chi connectivity index (χ3v) is 5.22. The van der Waals surface area contributed by atoms with Crippen molar-refractivity contribution >= 4 is 34.5 Å². The van der Waals surface area contributed by atoms with E-state index in [1.165, 1.54) is 10.4 Å². The highest BCUT2D eigenvalue weighted by atomic mass is 35.5. The summed E-state index contributed by atoms with van der Waals surface area (Å²) >= 11 is 14.1. The van der Waals surface area contributed by atoms with Crippen molar-refractivity contribution in [2.75, 3.05) is 6.54 Å². The van der Waals surface area contributed by atoms with Gasteiger partial charge in [-0.05, 0) is 49.2 Å². The normalized spacial score (nSPS) is 12.7. The Morgan fingerprint density at radius 3 is 2.58 bits per heavy atom. The molecule has 1 heterocycles. The average Bonchev–Trinajstić information content (AvgIpc) is 2.70. The number of rotatable bonds is 4. The predicted molar refractivity (Wildman–Crippen MR) is 85.8 cm³/mol. The van der Waals surface area contributed by atoms with Crippen molar-refractivity contribution in [2.45, 2.75) is 26.8 Å². The molecule has 1 aromatic carbocycles. The van der Waals surface area contributed by atoms with E-state index >= 15 is 0 Å². The van der Waals surface area contributed by atoms with Crippen LogP contribution in [0.25, 0.3) is 0 Å². The Morgan fingerprint density at radius 1 is 1.26 bits per heavy atom. The Kier molecular flexibility index (Phi) is 4.91. The van der Waals surface area contributed by atoms with Gasteiger partial charge in [0.05, 0.1) is 10.4 Å². The van der Waals surface area contributed by atoms with Gasteiger partial charge < -0.3 is 5.32 Å². The maximum atomic E-state index is 6.23. The van der Waals surface area contributed by atoms with Crippen molar-refractivity contribution in [1.82, 2.24) is 5.32 Å². The molecule has 1 N–H and O–H groups in total. The molecule has 0 radical (unpaired) electrons. The van der Waals surface area contributed by atoms with Crippen LogP contribution in [0.5, 0.6) is 0 Å². The van der Waals surface area contributed by atoms with Crippen LogP contribution in [0.1, 0.15) is 34.5 Å². The van der Waals surface area contributed by atoms with Crippen molar-refractivity contribution in [3.05, 3.63) is 55.2 Å². The van der Waals surface area contributed by atoms with E-state index in [0.717, 1.165) is 27.0 Å². The Balaban J connectivity index is 2.48. The largest absolute Gasteiger partial charge is 0.306 e. The van der Waals surface area contributed by atoms with Gasteiger partial charge in [-0.1, -0.05) is 42.3 Å². The molecule has 1 aromatic heterocycles. The van der Waals surface area contributed by atoms with Gasteiger partial charge in [0.1, 0.15) is 0 Å². The zero-order chi connectivity index (χ0) is 14.0. The van der Waals surface area contributed by atoms with Crippen LogP contribution < -0.4 is 5.32 Å². The monoisotopic (exact) mass is 313 g/mol. The number of aryl methyl sites for hydroxylation is 1. The summed E-state index contributed by atoms with van der Waals surface area (Å²) in [5, 5.41) is 4.32. The van der Waals surface area contributed by atoms with Crippen LogP contribution in [-0.4, -0.2) is 6.54 Å². The van der Waals surface area contributed by atoms with Gasteiger partial charge in [-0.25, -0.2) is 0 Å². The van der Waals surface area contributed by atoms with Crippen molar-refractivity contribution < 1.29 is 0 Å². The molecule has 0 aliphatic carbocycles. The van der Waals surface area contributed by atoms with Crippen molar-refractivity contribution in [3.8, 4) is 0 Å². The quantitative estimate of drug-likeness (QED) is 0.800. The summed E-state index contributed by atoms with van der Waals surface area (Å²) in [4.78, 5) is 1.23. The lowest BCUT2D eigenvalue weighted by molar-refractivity contribution is 0.636. The Hall–Kier alpha value is -0.540. The lowest BCUT2D eigenvalue weighted by Crippen LogP contribution is -2.22. The first kappa shape index (κ1) is 14.9. The van der Waals surface area contributed by atoms with Crippen LogP contribution >= 0.6 is 34.5 Å². The SMILES string of the molecule is CCNC(c1cc(C)c(Cl)s1)c1cccc(Cl)c1C. The third kappa shape index (κ3) is 3.14. The van der Waals surface area contributed by atoms with Crippen LogP contribution in [0.15, 0.2) is 24.3 Å². The highest BCUT2D eigenvalue weighted by molar-refractivity contribution is 7.16. The summed E-state index contributed by atoms with van der Waals surface area (Å²) in [5.41, 5.74) is 3.47. The summed E-state index contributed by atoms with van der Waals surface area (Å²) in [6.07, 6.45) is 0. The number of nitrogens with one attached hydrogen (secondary N) is 1. The van der Waals surface area contributed by atoms with Crippen molar-refractivity contribution in [1.29, 1.82) is 0 Å². The molecule has 19 heavy (non-hydrogen) atoms. The van der Waals surface area contributed by atoms with Gasteiger partial charge in [-0.3, -0.25) is 0 Å². The summed E-state index contributed by atoms with van der Waals surface area (Å²) in [6, 6.07) is 8.35. The van der Waals surface area contributed by atoms with Crippen molar-refractivity contribution in [3.63, 3.8) is 0 Å². The first-order valence-corrected chi connectivity index (χ1v) is 7.86. The van der Waals surface area contributed by atoms with E-state index in [9.17, 15) is 0 Å². The molecule has 0 saturated heterocycles. The number of hydrogen-bond acceptors (Lipinski definition) is 2. The Bertz CT molecular complexity index is 558. The zero-order valence-electron chi connectivity index (χ0n) is 11.3. The third-order valence-electron chi connectivity index (χ3n) is 3.19. The lowest BCUT2D eigenvalue weighted by Gasteiger charge is -2.19. The Morgan fingerprint density at radius 2 is 2.00 bits per heavy atom. The molecule has 0 saturated carbocycles. The van der Waals surface area contributed by atoms with Crippen LogP contribution in [0.4, 0.5) is 0 Å². The molecule has 1 unspecified atom stereocenters. The zero-order valence-corrected chi connectivity index (χ0v) is 13.6. The summed E-state index contributed by atoms with van der Waals surface area (Å²) < 4.78 is 0.859. The van der Waals surface area contributed by atoms with E-state index < -0.39 is 0 Å². The maximum absolute atomic E-state index is 6.23. The molecule has 0 aliphatic heterocycles.